The van der Waals surface area contributed by atoms with E-state index in [1.807, 2.05) is 6.92 Å². The molecule has 0 saturated carbocycles. The Labute approximate surface area is 64.3 Å². The molecule has 0 aromatic carbocycles. The van der Waals surface area contributed by atoms with E-state index in [9.17, 15) is 0 Å². The summed E-state index contributed by atoms with van der Waals surface area (Å²) in [5.74, 6) is 0.847. The molecule has 0 rings (SSSR count). The molecule has 0 bridgehead atoms. The summed E-state index contributed by atoms with van der Waals surface area (Å²) in [6.45, 7) is 6.39. The van der Waals surface area contributed by atoms with Crippen LogP contribution < -0.4 is 0 Å². The van der Waals surface area contributed by atoms with E-state index >= 15 is 0 Å². The highest BCUT2D eigenvalue weighted by atomic mass is 14.4. The molecule has 0 saturated heterocycles. The Bertz CT molecular complexity index is 96.9. The van der Waals surface area contributed by atoms with Crippen LogP contribution in [0.5, 0.6) is 0 Å². The van der Waals surface area contributed by atoms with Crippen LogP contribution >= 0.6 is 0 Å². The minimum atomic E-state index is 0.823. The third kappa shape index (κ3) is 5.80. The first-order valence-electron chi connectivity index (χ1n) is 4.20. The van der Waals surface area contributed by atoms with Crippen LogP contribution in [-0.4, -0.2) is 5.71 Å². The summed E-state index contributed by atoms with van der Waals surface area (Å²) in [6, 6.07) is 0. The second-order valence-electron chi connectivity index (χ2n) is 3.19. The first-order valence-corrected chi connectivity index (χ1v) is 4.20. The van der Waals surface area contributed by atoms with Crippen molar-refractivity contribution in [1.29, 1.82) is 5.41 Å². The highest BCUT2D eigenvalue weighted by Gasteiger charge is 1.97. The molecule has 0 aromatic rings. The lowest BCUT2D eigenvalue weighted by atomic mass is 10.0. The summed E-state index contributed by atoms with van der Waals surface area (Å²) in [4.78, 5) is 0. The zero-order valence-electron chi connectivity index (χ0n) is 7.41. The zero-order valence-corrected chi connectivity index (χ0v) is 7.41. The van der Waals surface area contributed by atoms with Gasteiger partial charge in [0, 0.05) is 5.71 Å². The topological polar surface area (TPSA) is 23.9 Å². The SMILES string of the molecule is CCC(C)CCCC(C)=N. The van der Waals surface area contributed by atoms with Crippen molar-refractivity contribution in [3.63, 3.8) is 0 Å². The average molecular weight is 141 g/mol. The van der Waals surface area contributed by atoms with E-state index in [-0.39, 0.29) is 0 Å². The van der Waals surface area contributed by atoms with Crippen LogP contribution in [0.1, 0.15) is 46.5 Å². The van der Waals surface area contributed by atoms with Crippen LogP contribution in [0, 0.1) is 11.3 Å². The highest BCUT2D eigenvalue weighted by molar-refractivity contribution is 5.78. The Balaban J connectivity index is 3.11. The molecular formula is C9H19N. The summed E-state index contributed by atoms with van der Waals surface area (Å²) >= 11 is 0. The van der Waals surface area contributed by atoms with Gasteiger partial charge in [-0.05, 0) is 25.7 Å². The molecule has 1 atom stereocenters. The van der Waals surface area contributed by atoms with Crippen molar-refractivity contribution in [2.45, 2.75) is 46.5 Å². The highest BCUT2D eigenvalue weighted by Crippen LogP contribution is 2.10. The molecule has 0 fully saturated rings. The van der Waals surface area contributed by atoms with E-state index in [1.54, 1.807) is 0 Å². The third-order valence-electron chi connectivity index (χ3n) is 1.95. The van der Waals surface area contributed by atoms with Crippen molar-refractivity contribution in [3.8, 4) is 0 Å². The second-order valence-corrected chi connectivity index (χ2v) is 3.19. The number of hydrogen-bond acceptors (Lipinski definition) is 1. The molecular weight excluding hydrogens is 122 g/mol. The summed E-state index contributed by atoms with van der Waals surface area (Å²) < 4.78 is 0. The first kappa shape index (κ1) is 9.67. The molecule has 1 heteroatoms. The quantitative estimate of drug-likeness (QED) is 0.568. The van der Waals surface area contributed by atoms with Crippen LogP contribution in [0.25, 0.3) is 0 Å². The maximum absolute atomic E-state index is 7.20. The molecule has 0 spiro atoms. The first-order chi connectivity index (χ1) is 4.66. The lowest BCUT2D eigenvalue weighted by Crippen LogP contribution is -1.94. The fourth-order valence-electron chi connectivity index (χ4n) is 0.920. The van der Waals surface area contributed by atoms with Gasteiger partial charge in [0.1, 0.15) is 0 Å². The smallest absolute Gasteiger partial charge is 0.00582 e. The van der Waals surface area contributed by atoms with Gasteiger partial charge in [-0.25, -0.2) is 0 Å². The molecule has 0 heterocycles. The van der Waals surface area contributed by atoms with Crippen LogP contribution in [-0.2, 0) is 0 Å². The molecule has 0 aliphatic carbocycles. The largest absolute Gasteiger partial charge is 0.310 e. The van der Waals surface area contributed by atoms with Crippen LogP contribution in [0.15, 0.2) is 0 Å². The molecule has 0 aromatic heterocycles. The summed E-state index contributed by atoms with van der Waals surface area (Å²) in [5.41, 5.74) is 0.823. The molecule has 1 unspecified atom stereocenters. The van der Waals surface area contributed by atoms with Gasteiger partial charge in [0.15, 0.2) is 0 Å². The zero-order chi connectivity index (χ0) is 7.98. The molecule has 0 aliphatic rings. The number of hydrogen-bond donors (Lipinski definition) is 1. The normalized spacial score (nSPS) is 13.1. The van der Waals surface area contributed by atoms with Crippen molar-refractivity contribution < 1.29 is 0 Å². The molecule has 1 N–H and O–H groups in total. The van der Waals surface area contributed by atoms with Crippen molar-refractivity contribution >= 4 is 5.71 Å². The van der Waals surface area contributed by atoms with Crippen LogP contribution in [0.4, 0.5) is 0 Å². The van der Waals surface area contributed by atoms with Gasteiger partial charge < -0.3 is 5.41 Å². The van der Waals surface area contributed by atoms with E-state index in [2.05, 4.69) is 13.8 Å². The molecule has 0 amide bonds. The predicted octanol–water partition coefficient (Wildman–Crippen LogP) is 3.24. The third-order valence-corrected chi connectivity index (χ3v) is 1.95. The van der Waals surface area contributed by atoms with Crippen molar-refractivity contribution in [2.75, 3.05) is 0 Å². The maximum atomic E-state index is 7.20. The Morgan fingerprint density at radius 3 is 2.50 bits per heavy atom. The lowest BCUT2D eigenvalue weighted by molar-refractivity contribution is 0.501. The van der Waals surface area contributed by atoms with Gasteiger partial charge in [-0.2, -0.15) is 0 Å². The van der Waals surface area contributed by atoms with E-state index in [0.29, 0.717) is 0 Å². The van der Waals surface area contributed by atoms with Gasteiger partial charge in [0.25, 0.3) is 0 Å². The molecule has 0 radical (unpaired) electrons. The summed E-state index contributed by atoms with van der Waals surface area (Å²) in [5, 5.41) is 7.20. The monoisotopic (exact) mass is 141 g/mol. The minimum Gasteiger partial charge on any atom is -0.310 e. The van der Waals surface area contributed by atoms with Crippen LogP contribution in [0.3, 0.4) is 0 Å². The van der Waals surface area contributed by atoms with Gasteiger partial charge in [-0.3, -0.25) is 0 Å². The summed E-state index contributed by atoms with van der Waals surface area (Å²) in [6.07, 6.45) is 4.75. The molecule has 1 nitrogen and oxygen atoms in total. The standard InChI is InChI=1S/C9H19N/c1-4-8(2)6-5-7-9(3)10/h8,10H,4-7H2,1-3H3. The second kappa shape index (κ2) is 5.45. The van der Waals surface area contributed by atoms with E-state index in [0.717, 1.165) is 18.1 Å². The van der Waals surface area contributed by atoms with Gasteiger partial charge in [-0.15, -0.1) is 0 Å². The Kier molecular flexibility index (Phi) is 5.27. The maximum Gasteiger partial charge on any atom is 0.00582 e. The molecule has 0 aliphatic heterocycles. The fraction of sp³-hybridized carbons (Fsp3) is 0.889. The van der Waals surface area contributed by atoms with Crippen LogP contribution in [0.2, 0.25) is 0 Å². The Morgan fingerprint density at radius 1 is 1.50 bits per heavy atom. The predicted molar refractivity (Wildman–Crippen MR) is 46.7 cm³/mol. The van der Waals surface area contributed by atoms with Gasteiger partial charge in [-0.1, -0.05) is 26.7 Å². The van der Waals surface area contributed by atoms with Gasteiger partial charge >= 0.3 is 0 Å². The van der Waals surface area contributed by atoms with Crippen molar-refractivity contribution in [3.05, 3.63) is 0 Å². The van der Waals surface area contributed by atoms with Gasteiger partial charge in [0.2, 0.25) is 0 Å². The Morgan fingerprint density at radius 2 is 2.10 bits per heavy atom. The minimum absolute atomic E-state index is 0.823. The summed E-state index contributed by atoms with van der Waals surface area (Å²) in [7, 11) is 0. The number of nitrogens with one attached hydrogen (secondary N) is 1. The molecule has 10 heavy (non-hydrogen) atoms. The van der Waals surface area contributed by atoms with Crippen molar-refractivity contribution in [1.82, 2.24) is 0 Å². The van der Waals surface area contributed by atoms with Gasteiger partial charge in [0.05, 0.1) is 0 Å². The average Bonchev–Trinajstić information content (AvgIpc) is 1.87. The van der Waals surface area contributed by atoms with Crippen molar-refractivity contribution in [2.24, 2.45) is 5.92 Å². The molecule has 60 valence electrons. The number of rotatable bonds is 5. The fourth-order valence-corrected chi connectivity index (χ4v) is 0.920. The van der Waals surface area contributed by atoms with E-state index in [4.69, 9.17) is 5.41 Å². The van der Waals surface area contributed by atoms with E-state index < -0.39 is 0 Å². The van der Waals surface area contributed by atoms with E-state index in [1.165, 1.54) is 19.3 Å². The lowest BCUT2D eigenvalue weighted by Gasteiger charge is -2.06. The Hall–Kier alpha value is -0.330.